The summed E-state index contributed by atoms with van der Waals surface area (Å²) >= 11 is 18.0. The van der Waals surface area contributed by atoms with E-state index in [1.54, 1.807) is 24.4 Å². The molecule has 31 heavy (non-hydrogen) atoms. The van der Waals surface area contributed by atoms with E-state index in [-0.39, 0.29) is 17.8 Å². The average Bonchev–Trinajstić information content (AvgIpc) is 2.68. The van der Waals surface area contributed by atoms with Gasteiger partial charge in [-0.1, -0.05) is 34.8 Å². The molecule has 3 aromatic rings. The fraction of sp³-hybridized carbons (Fsp3) is 0.318. The zero-order valence-electron chi connectivity index (χ0n) is 16.6. The Morgan fingerprint density at radius 3 is 2.26 bits per heavy atom. The van der Waals surface area contributed by atoms with Crippen molar-refractivity contribution in [3.8, 4) is 0 Å². The Morgan fingerprint density at radius 1 is 0.871 bits per heavy atom. The Kier molecular flexibility index (Phi) is 6.94. The molecule has 0 bridgehead atoms. The smallest absolute Gasteiger partial charge is 0.216 e. The molecule has 1 aromatic heterocycles. The number of halogens is 3. The number of aromatic nitrogens is 1. The summed E-state index contributed by atoms with van der Waals surface area (Å²) in [6.45, 7) is 0. The number of nitrogens with one attached hydrogen (secondary N) is 2. The van der Waals surface area contributed by atoms with Gasteiger partial charge in [-0.05, 0) is 73.7 Å². The summed E-state index contributed by atoms with van der Waals surface area (Å²) in [6.07, 6.45) is 5.04. The lowest BCUT2D eigenvalue weighted by atomic mass is 9.91. The van der Waals surface area contributed by atoms with Crippen LogP contribution in [0.5, 0.6) is 0 Å². The number of nitrogens with zero attached hydrogens (tertiary/aromatic N) is 1. The second-order valence-electron chi connectivity index (χ2n) is 7.87. The highest BCUT2D eigenvalue weighted by molar-refractivity contribution is 7.88. The molecule has 0 aliphatic heterocycles. The van der Waals surface area contributed by atoms with Crippen LogP contribution < -0.4 is 10.0 Å². The number of hydrogen-bond acceptors (Lipinski definition) is 4. The zero-order valence-corrected chi connectivity index (χ0v) is 19.7. The second-order valence-corrected chi connectivity index (χ2v) is 10.9. The summed E-state index contributed by atoms with van der Waals surface area (Å²) in [7, 11) is -3.49. The Hall–Kier alpha value is -1.57. The predicted molar refractivity (Wildman–Crippen MR) is 129 cm³/mol. The topological polar surface area (TPSA) is 71.1 Å². The van der Waals surface area contributed by atoms with Gasteiger partial charge in [0.05, 0.1) is 11.3 Å². The monoisotopic (exact) mass is 497 g/mol. The lowest BCUT2D eigenvalue weighted by Crippen LogP contribution is -2.40. The van der Waals surface area contributed by atoms with E-state index in [0.29, 0.717) is 20.6 Å². The van der Waals surface area contributed by atoms with E-state index in [2.05, 4.69) is 15.0 Å². The molecule has 4 rings (SSSR count). The zero-order chi connectivity index (χ0) is 22.0. The lowest BCUT2D eigenvalue weighted by Gasteiger charge is -2.30. The van der Waals surface area contributed by atoms with Crippen molar-refractivity contribution in [3.63, 3.8) is 0 Å². The van der Waals surface area contributed by atoms with Gasteiger partial charge < -0.3 is 5.32 Å². The van der Waals surface area contributed by atoms with E-state index in [1.165, 1.54) is 0 Å². The molecule has 9 heteroatoms. The quantitative estimate of drug-likeness (QED) is 0.435. The van der Waals surface area contributed by atoms with Crippen molar-refractivity contribution in [2.24, 2.45) is 0 Å². The van der Waals surface area contributed by atoms with Crippen LogP contribution in [-0.4, -0.2) is 25.5 Å². The largest absolute Gasteiger partial charge is 0.382 e. The molecule has 1 saturated carbocycles. The van der Waals surface area contributed by atoms with Gasteiger partial charge >= 0.3 is 0 Å². The van der Waals surface area contributed by atoms with Gasteiger partial charge in [0.2, 0.25) is 10.0 Å². The highest BCUT2D eigenvalue weighted by atomic mass is 35.5. The van der Waals surface area contributed by atoms with E-state index in [9.17, 15) is 8.42 Å². The van der Waals surface area contributed by atoms with Gasteiger partial charge in [0.15, 0.2) is 0 Å². The summed E-state index contributed by atoms with van der Waals surface area (Å²) < 4.78 is 28.0. The third kappa shape index (κ3) is 6.02. The summed E-state index contributed by atoms with van der Waals surface area (Å²) in [4.78, 5) is 4.38. The first kappa shape index (κ1) is 22.6. The van der Waals surface area contributed by atoms with Gasteiger partial charge in [-0.3, -0.25) is 4.98 Å². The Bertz CT molecular complexity index is 1180. The molecular weight excluding hydrogens is 477 g/mol. The molecule has 0 spiro atoms. The lowest BCUT2D eigenvalue weighted by molar-refractivity contribution is 0.387. The molecule has 1 heterocycles. The summed E-state index contributed by atoms with van der Waals surface area (Å²) in [6, 6.07) is 12.7. The predicted octanol–water partition coefficient (Wildman–Crippen LogP) is 6.04. The first-order valence-electron chi connectivity index (χ1n) is 10.0. The second kappa shape index (κ2) is 9.51. The van der Waals surface area contributed by atoms with Crippen molar-refractivity contribution < 1.29 is 8.42 Å². The van der Waals surface area contributed by atoms with Crippen LogP contribution in [0, 0.1) is 0 Å². The van der Waals surface area contributed by atoms with Crippen molar-refractivity contribution in [3.05, 3.63) is 69.3 Å². The van der Waals surface area contributed by atoms with E-state index in [4.69, 9.17) is 34.8 Å². The molecule has 2 N–H and O–H groups in total. The van der Waals surface area contributed by atoms with Crippen LogP contribution in [-0.2, 0) is 15.8 Å². The summed E-state index contributed by atoms with van der Waals surface area (Å²) in [5.41, 5.74) is 2.44. The molecule has 2 aromatic carbocycles. The molecule has 1 aliphatic rings. The van der Waals surface area contributed by atoms with Crippen molar-refractivity contribution in [2.75, 3.05) is 5.32 Å². The molecule has 1 fully saturated rings. The molecule has 1 aliphatic carbocycles. The van der Waals surface area contributed by atoms with Crippen LogP contribution in [0.1, 0.15) is 31.2 Å². The van der Waals surface area contributed by atoms with E-state index >= 15 is 0 Å². The van der Waals surface area contributed by atoms with Crippen molar-refractivity contribution in [1.82, 2.24) is 9.71 Å². The average molecular weight is 499 g/mol. The number of fused-ring (bicyclic) bond motifs is 1. The molecule has 0 saturated heterocycles. The first-order valence-corrected chi connectivity index (χ1v) is 12.8. The number of sulfonamides is 1. The van der Waals surface area contributed by atoms with Crippen molar-refractivity contribution >= 4 is 61.4 Å². The van der Waals surface area contributed by atoms with Crippen molar-refractivity contribution in [2.45, 2.75) is 43.5 Å². The molecule has 164 valence electrons. The van der Waals surface area contributed by atoms with E-state index in [0.717, 1.165) is 42.3 Å². The summed E-state index contributed by atoms with van der Waals surface area (Å²) in [5.74, 6) is -0.142. The normalized spacial score (nSPS) is 19.5. The van der Waals surface area contributed by atoms with Crippen LogP contribution in [0.4, 0.5) is 5.69 Å². The maximum atomic E-state index is 12.6. The fourth-order valence-electron chi connectivity index (χ4n) is 4.03. The van der Waals surface area contributed by atoms with E-state index in [1.807, 2.05) is 24.3 Å². The Morgan fingerprint density at radius 2 is 1.55 bits per heavy atom. The van der Waals surface area contributed by atoms with Crippen molar-refractivity contribution in [1.29, 1.82) is 0 Å². The standard InChI is InChI=1S/C22H22Cl3N3O2S/c23-15-1-6-20-21(7-8-26-22(20)12-15)27-18-2-4-19(5-3-18)28-31(29,30)13-14-9-16(24)11-17(25)10-14/h1,6-12,18-19,28H,2-5,13H2,(H,26,27)/t18-,19+. The number of rotatable bonds is 6. The van der Waals surface area contributed by atoms with Gasteiger partial charge in [-0.15, -0.1) is 0 Å². The molecule has 0 radical (unpaired) electrons. The Balaban J connectivity index is 1.34. The number of pyridine rings is 1. The minimum Gasteiger partial charge on any atom is -0.382 e. The minimum absolute atomic E-state index is 0.0781. The third-order valence-corrected chi connectivity index (χ3v) is 7.49. The number of anilines is 1. The van der Waals surface area contributed by atoms with Gasteiger partial charge in [0, 0.05) is 44.4 Å². The maximum Gasteiger partial charge on any atom is 0.216 e. The van der Waals surface area contributed by atoms with Crippen LogP contribution in [0.25, 0.3) is 10.9 Å². The van der Waals surface area contributed by atoms with Gasteiger partial charge in [0.1, 0.15) is 0 Å². The molecule has 0 amide bonds. The minimum atomic E-state index is -3.49. The van der Waals surface area contributed by atoms with Crippen LogP contribution in [0.15, 0.2) is 48.7 Å². The van der Waals surface area contributed by atoms with Gasteiger partial charge in [-0.2, -0.15) is 0 Å². The van der Waals surface area contributed by atoms with Gasteiger partial charge in [0.25, 0.3) is 0 Å². The highest BCUT2D eigenvalue weighted by Gasteiger charge is 2.25. The SMILES string of the molecule is O=S(=O)(Cc1cc(Cl)cc(Cl)c1)N[C@H]1CC[C@@H](Nc2ccnc3cc(Cl)ccc23)CC1. The van der Waals surface area contributed by atoms with Gasteiger partial charge in [-0.25, -0.2) is 13.1 Å². The molecular formula is C22H22Cl3N3O2S. The molecule has 0 atom stereocenters. The highest BCUT2D eigenvalue weighted by Crippen LogP contribution is 2.28. The molecule has 0 unspecified atom stereocenters. The number of hydrogen-bond donors (Lipinski definition) is 2. The first-order chi connectivity index (χ1) is 14.8. The van der Waals surface area contributed by atoms with E-state index < -0.39 is 10.0 Å². The van der Waals surface area contributed by atoms with Crippen LogP contribution in [0.3, 0.4) is 0 Å². The fourth-order valence-corrected chi connectivity index (χ4v) is 6.20. The molecule has 5 nitrogen and oxygen atoms in total. The maximum absolute atomic E-state index is 12.6. The Labute approximate surface area is 197 Å². The summed E-state index contributed by atoms with van der Waals surface area (Å²) in [5, 5.41) is 6.12. The van der Waals surface area contributed by atoms with Crippen LogP contribution >= 0.6 is 34.8 Å². The third-order valence-electron chi connectivity index (χ3n) is 5.42. The number of benzene rings is 2. The van der Waals surface area contributed by atoms with Crippen LogP contribution in [0.2, 0.25) is 15.1 Å².